The molecule has 1 aromatic rings. The third-order valence-corrected chi connectivity index (χ3v) is 3.12. The molecule has 0 bridgehead atoms. The molecule has 1 amide bonds. The molecule has 1 saturated heterocycles. The van der Waals surface area contributed by atoms with Gasteiger partial charge in [-0.15, -0.1) is 0 Å². The van der Waals surface area contributed by atoms with Gasteiger partial charge >= 0.3 is 0 Å². The second kappa shape index (κ2) is 7.21. The summed E-state index contributed by atoms with van der Waals surface area (Å²) in [4.78, 5) is 13.6. The highest BCUT2D eigenvalue weighted by Crippen LogP contribution is 2.22. The summed E-state index contributed by atoms with van der Waals surface area (Å²) in [5.41, 5.74) is 0.697. The smallest absolute Gasteiger partial charge is 0.260 e. The van der Waals surface area contributed by atoms with Crippen molar-refractivity contribution < 1.29 is 18.7 Å². The zero-order valence-corrected chi connectivity index (χ0v) is 11.5. The largest absolute Gasteiger partial charge is 0.480 e. The number of amides is 1. The van der Waals surface area contributed by atoms with Crippen LogP contribution in [-0.2, 0) is 16.1 Å². The molecule has 110 valence electrons. The van der Waals surface area contributed by atoms with Crippen LogP contribution in [0, 0.1) is 5.82 Å². The Morgan fingerprint density at radius 2 is 2.20 bits per heavy atom. The van der Waals surface area contributed by atoms with Crippen molar-refractivity contribution in [2.24, 2.45) is 0 Å². The first-order chi connectivity index (χ1) is 9.72. The van der Waals surface area contributed by atoms with Crippen LogP contribution in [0.25, 0.3) is 0 Å². The van der Waals surface area contributed by atoms with Crippen LogP contribution >= 0.6 is 0 Å². The second-order valence-electron chi connectivity index (χ2n) is 4.54. The van der Waals surface area contributed by atoms with E-state index in [0.29, 0.717) is 38.4 Å². The van der Waals surface area contributed by atoms with Crippen molar-refractivity contribution in [3.8, 4) is 5.75 Å². The fourth-order valence-corrected chi connectivity index (χ4v) is 2.08. The minimum Gasteiger partial charge on any atom is -0.480 e. The van der Waals surface area contributed by atoms with Crippen molar-refractivity contribution in [3.63, 3.8) is 0 Å². The van der Waals surface area contributed by atoms with E-state index in [-0.39, 0.29) is 18.3 Å². The Balaban J connectivity index is 1.97. The van der Waals surface area contributed by atoms with Crippen molar-refractivity contribution in [2.45, 2.75) is 6.54 Å². The number of carbonyl (C=O) groups is 1. The molecule has 0 spiro atoms. The van der Waals surface area contributed by atoms with Gasteiger partial charge < -0.3 is 19.7 Å². The van der Waals surface area contributed by atoms with E-state index in [9.17, 15) is 9.18 Å². The number of para-hydroxylation sites is 1. The highest BCUT2D eigenvalue weighted by atomic mass is 19.1. The zero-order valence-electron chi connectivity index (χ0n) is 11.5. The lowest BCUT2D eigenvalue weighted by Crippen LogP contribution is -2.43. The summed E-state index contributed by atoms with van der Waals surface area (Å²) in [6, 6.07) is 4.72. The summed E-state index contributed by atoms with van der Waals surface area (Å²) < 4.78 is 24.3. The first-order valence-corrected chi connectivity index (χ1v) is 6.62. The lowest BCUT2D eigenvalue weighted by molar-refractivity contribution is -0.137. The minimum absolute atomic E-state index is 0.142. The Kier molecular flexibility index (Phi) is 5.31. The van der Waals surface area contributed by atoms with Crippen LogP contribution in [0.15, 0.2) is 18.2 Å². The van der Waals surface area contributed by atoms with Crippen LogP contribution < -0.4 is 10.1 Å². The SMILES string of the molecule is CNCc1cccc(F)c1OCC(=O)N1CCOCC1. The van der Waals surface area contributed by atoms with Crippen LogP contribution in [-0.4, -0.2) is 50.8 Å². The molecule has 1 aromatic carbocycles. The van der Waals surface area contributed by atoms with Crippen LogP contribution in [0.3, 0.4) is 0 Å². The number of nitrogens with zero attached hydrogens (tertiary/aromatic N) is 1. The molecule has 0 unspecified atom stereocenters. The van der Waals surface area contributed by atoms with Gasteiger partial charge in [-0.2, -0.15) is 0 Å². The summed E-state index contributed by atoms with van der Waals surface area (Å²) in [6.45, 7) is 2.52. The molecule has 20 heavy (non-hydrogen) atoms. The maximum Gasteiger partial charge on any atom is 0.260 e. The highest BCUT2D eigenvalue weighted by molar-refractivity contribution is 5.77. The lowest BCUT2D eigenvalue weighted by atomic mass is 10.2. The number of hydrogen-bond acceptors (Lipinski definition) is 4. The molecule has 0 aliphatic carbocycles. The van der Waals surface area contributed by atoms with Gasteiger partial charge in [0.2, 0.25) is 0 Å². The van der Waals surface area contributed by atoms with Crippen molar-refractivity contribution in [3.05, 3.63) is 29.6 Å². The molecule has 0 aromatic heterocycles. The summed E-state index contributed by atoms with van der Waals surface area (Å²) >= 11 is 0. The topological polar surface area (TPSA) is 50.8 Å². The standard InChI is InChI=1S/C14H19FN2O3/c1-16-9-11-3-2-4-12(15)14(11)20-10-13(18)17-5-7-19-8-6-17/h2-4,16H,5-10H2,1H3. The first-order valence-electron chi connectivity index (χ1n) is 6.62. The van der Waals surface area contributed by atoms with E-state index < -0.39 is 5.82 Å². The molecule has 0 saturated carbocycles. The summed E-state index contributed by atoms with van der Waals surface area (Å²) in [6.07, 6.45) is 0. The second-order valence-corrected chi connectivity index (χ2v) is 4.54. The van der Waals surface area contributed by atoms with E-state index in [4.69, 9.17) is 9.47 Å². The minimum atomic E-state index is -0.451. The van der Waals surface area contributed by atoms with E-state index in [1.165, 1.54) is 6.07 Å². The molecule has 1 heterocycles. The quantitative estimate of drug-likeness (QED) is 0.867. The maximum atomic E-state index is 13.8. The predicted molar refractivity (Wildman–Crippen MR) is 72.1 cm³/mol. The Morgan fingerprint density at radius 3 is 2.90 bits per heavy atom. The van der Waals surface area contributed by atoms with E-state index >= 15 is 0 Å². The Bertz CT molecular complexity index is 462. The number of morpholine rings is 1. The Morgan fingerprint density at radius 1 is 1.45 bits per heavy atom. The van der Waals surface area contributed by atoms with Gasteiger partial charge in [-0.05, 0) is 13.1 Å². The number of halogens is 1. The molecule has 1 aliphatic rings. The first kappa shape index (κ1) is 14.7. The number of ether oxygens (including phenoxy) is 2. The number of hydrogen-bond donors (Lipinski definition) is 1. The van der Waals surface area contributed by atoms with Crippen molar-refractivity contribution in [1.82, 2.24) is 10.2 Å². The molecule has 0 atom stereocenters. The van der Waals surface area contributed by atoms with Gasteiger partial charge in [0, 0.05) is 25.2 Å². The summed E-state index contributed by atoms with van der Waals surface area (Å²) in [5, 5.41) is 2.94. The molecule has 0 radical (unpaired) electrons. The van der Waals surface area contributed by atoms with E-state index in [1.807, 2.05) is 0 Å². The Hall–Kier alpha value is -1.66. The van der Waals surface area contributed by atoms with Gasteiger partial charge in [0.15, 0.2) is 18.2 Å². The molecule has 2 rings (SSSR count). The Labute approximate surface area is 117 Å². The predicted octanol–water partition coefficient (Wildman–Crippen LogP) is 0.783. The van der Waals surface area contributed by atoms with Crippen molar-refractivity contribution in [2.75, 3.05) is 40.0 Å². The van der Waals surface area contributed by atoms with Crippen LogP contribution in [0.2, 0.25) is 0 Å². The number of nitrogens with one attached hydrogen (secondary N) is 1. The highest BCUT2D eigenvalue weighted by Gasteiger charge is 2.18. The molecule has 1 N–H and O–H groups in total. The van der Waals surface area contributed by atoms with Gasteiger partial charge in [0.1, 0.15) is 0 Å². The van der Waals surface area contributed by atoms with Gasteiger partial charge in [0.25, 0.3) is 5.91 Å². The van der Waals surface area contributed by atoms with Gasteiger partial charge in [-0.3, -0.25) is 4.79 Å². The molecular formula is C14H19FN2O3. The van der Waals surface area contributed by atoms with E-state index in [0.717, 1.165) is 0 Å². The van der Waals surface area contributed by atoms with Crippen LogP contribution in [0.4, 0.5) is 4.39 Å². The average Bonchev–Trinajstić information content (AvgIpc) is 2.47. The lowest BCUT2D eigenvalue weighted by Gasteiger charge is -2.26. The molecule has 6 heteroatoms. The third kappa shape index (κ3) is 3.68. The van der Waals surface area contributed by atoms with E-state index in [1.54, 1.807) is 24.1 Å². The number of benzene rings is 1. The van der Waals surface area contributed by atoms with Crippen LogP contribution in [0.1, 0.15) is 5.56 Å². The van der Waals surface area contributed by atoms with Gasteiger partial charge in [-0.1, -0.05) is 12.1 Å². The third-order valence-electron chi connectivity index (χ3n) is 3.12. The van der Waals surface area contributed by atoms with Crippen LogP contribution in [0.5, 0.6) is 5.75 Å². The van der Waals surface area contributed by atoms with Crippen molar-refractivity contribution in [1.29, 1.82) is 0 Å². The molecule has 5 nitrogen and oxygen atoms in total. The monoisotopic (exact) mass is 282 g/mol. The van der Waals surface area contributed by atoms with Gasteiger partial charge in [0.05, 0.1) is 13.2 Å². The molecule has 1 fully saturated rings. The average molecular weight is 282 g/mol. The summed E-state index contributed by atoms with van der Waals surface area (Å²) in [7, 11) is 1.77. The fraction of sp³-hybridized carbons (Fsp3) is 0.500. The van der Waals surface area contributed by atoms with Crippen molar-refractivity contribution >= 4 is 5.91 Å². The maximum absolute atomic E-state index is 13.8. The fourth-order valence-electron chi connectivity index (χ4n) is 2.08. The molecule has 1 aliphatic heterocycles. The van der Waals surface area contributed by atoms with Gasteiger partial charge in [-0.25, -0.2) is 4.39 Å². The summed E-state index contributed by atoms with van der Waals surface area (Å²) in [5.74, 6) is -0.456. The van der Waals surface area contributed by atoms with E-state index in [2.05, 4.69) is 5.32 Å². The number of rotatable bonds is 5. The number of carbonyl (C=O) groups excluding carboxylic acids is 1. The normalized spacial score (nSPS) is 15.2. The zero-order chi connectivity index (χ0) is 14.4. The molecular weight excluding hydrogens is 263 g/mol.